The van der Waals surface area contributed by atoms with Crippen molar-refractivity contribution in [1.29, 1.82) is 0 Å². The van der Waals surface area contributed by atoms with Gasteiger partial charge in [0.25, 0.3) is 0 Å². The Morgan fingerprint density at radius 1 is 0.806 bits per heavy atom. The van der Waals surface area contributed by atoms with Crippen molar-refractivity contribution < 1.29 is 31.1 Å². The Balaban J connectivity index is 1.58. The molecule has 192 valence electrons. The predicted molar refractivity (Wildman–Crippen MR) is 138 cm³/mol. The zero-order chi connectivity index (χ0) is 26.5. The summed E-state index contributed by atoms with van der Waals surface area (Å²) < 4.78 is 65.2. The minimum atomic E-state index is -4.04. The summed E-state index contributed by atoms with van der Waals surface area (Å²) in [6, 6.07) is 16.1. The number of methoxy groups -OCH3 is 1. The first-order valence-corrected chi connectivity index (χ1v) is 14.1. The Labute approximate surface area is 211 Å². The van der Waals surface area contributed by atoms with Crippen molar-refractivity contribution in [2.24, 2.45) is 0 Å². The monoisotopic (exact) mass is 532 g/mol. The highest BCUT2D eigenvalue weighted by molar-refractivity contribution is 7.92. The molecule has 0 unspecified atom stereocenters. The number of carbonyl (C=O) groups is 1. The molecule has 0 aliphatic rings. The smallest absolute Gasteiger partial charge is 0.338 e. The van der Waals surface area contributed by atoms with Gasteiger partial charge in [0, 0.05) is 12.2 Å². The van der Waals surface area contributed by atoms with Gasteiger partial charge in [-0.05, 0) is 86.0 Å². The molecule has 0 aromatic heterocycles. The van der Waals surface area contributed by atoms with Gasteiger partial charge in [-0.25, -0.2) is 26.4 Å². The summed E-state index contributed by atoms with van der Waals surface area (Å²) in [7, 11) is -6.69. The Kier molecular flexibility index (Phi) is 8.39. The van der Waals surface area contributed by atoms with Gasteiger partial charge in [0.05, 0.1) is 23.3 Å². The maximum absolute atomic E-state index is 12.6. The number of nitrogens with one attached hydrogen (secondary N) is 2. The molecule has 11 heteroatoms. The molecule has 0 amide bonds. The molecule has 0 bridgehead atoms. The summed E-state index contributed by atoms with van der Waals surface area (Å²) in [4.78, 5) is 11.7. The zero-order valence-corrected chi connectivity index (χ0v) is 22.0. The van der Waals surface area contributed by atoms with E-state index in [9.17, 15) is 21.6 Å². The van der Waals surface area contributed by atoms with E-state index in [-0.39, 0.29) is 17.0 Å². The number of sulfonamides is 2. The lowest BCUT2D eigenvalue weighted by Crippen LogP contribution is -2.31. The predicted octanol–water partition coefficient (Wildman–Crippen LogP) is 3.91. The van der Waals surface area contributed by atoms with Crippen molar-refractivity contribution in [1.82, 2.24) is 4.72 Å². The lowest BCUT2D eigenvalue weighted by atomic mass is 10.1. The fourth-order valence-corrected chi connectivity index (χ4v) is 5.38. The Bertz CT molecular complexity index is 1470. The van der Waals surface area contributed by atoms with Crippen molar-refractivity contribution in [3.63, 3.8) is 0 Å². The highest BCUT2D eigenvalue weighted by Crippen LogP contribution is 2.25. The largest absolute Gasteiger partial charge is 0.465 e. The quantitative estimate of drug-likeness (QED) is 0.379. The number of rotatable bonds is 10. The van der Waals surface area contributed by atoms with Gasteiger partial charge in [-0.1, -0.05) is 12.1 Å². The summed E-state index contributed by atoms with van der Waals surface area (Å²) in [6.07, 6.45) is 0. The SMILES string of the molecule is COC(=O)c1cc(S(=O)(=O)NCCS(=O)(=O)Nc2ccc(Oc3ccc(C)c(C)c3)cc2)ccc1C. The maximum Gasteiger partial charge on any atom is 0.338 e. The molecule has 0 saturated carbocycles. The summed E-state index contributed by atoms with van der Waals surface area (Å²) in [6.45, 7) is 5.28. The van der Waals surface area contributed by atoms with Crippen LogP contribution in [0.5, 0.6) is 11.5 Å². The van der Waals surface area contributed by atoms with Gasteiger partial charge in [-0.2, -0.15) is 0 Å². The van der Waals surface area contributed by atoms with Crippen LogP contribution in [0.25, 0.3) is 0 Å². The molecule has 2 N–H and O–H groups in total. The third kappa shape index (κ3) is 7.06. The molecule has 0 aliphatic heterocycles. The van der Waals surface area contributed by atoms with Crippen molar-refractivity contribution in [3.8, 4) is 11.5 Å². The van der Waals surface area contributed by atoms with Gasteiger partial charge in [-0.15, -0.1) is 0 Å². The molecule has 3 aromatic carbocycles. The molecule has 9 nitrogen and oxygen atoms in total. The number of hydrogen-bond acceptors (Lipinski definition) is 7. The standard InChI is InChI=1S/C25H28N2O7S2/c1-17-5-9-22(15-19(17)3)34-21-10-7-20(8-11-21)27-35(29,30)14-13-26-36(31,32)23-12-6-18(2)24(16-23)25(28)33-4/h5-12,15-16,26-27H,13-14H2,1-4H3. The van der Waals surface area contributed by atoms with E-state index >= 15 is 0 Å². The summed E-state index contributed by atoms with van der Waals surface area (Å²) in [5.74, 6) is 0.0501. The third-order valence-electron chi connectivity index (χ3n) is 5.43. The fraction of sp³-hybridized carbons (Fsp3) is 0.240. The molecule has 0 aliphatic carbocycles. The average Bonchev–Trinajstić information content (AvgIpc) is 2.82. The van der Waals surface area contributed by atoms with E-state index in [0.717, 1.165) is 11.1 Å². The van der Waals surface area contributed by atoms with Gasteiger partial charge < -0.3 is 9.47 Å². The molecule has 0 atom stereocenters. The van der Waals surface area contributed by atoms with Crippen LogP contribution in [0.2, 0.25) is 0 Å². The first kappa shape index (κ1) is 27.2. The Hall–Kier alpha value is -3.41. The molecule has 0 heterocycles. The van der Waals surface area contributed by atoms with Crippen LogP contribution in [0.15, 0.2) is 65.6 Å². The number of anilines is 1. The minimum absolute atomic E-state index is 0.111. The van der Waals surface area contributed by atoms with E-state index in [1.165, 1.54) is 25.3 Å². The van der Waals surface area contributed by atoms with Crippen LogP contribution in [0.4, 0.5) is 5.69 Å². The first-order chi connectivity index (χ1) is 16.9. The van der Waals surface area contributed by atoms with E-state index in [0.29, 0.717) is 22.7 Å². The van der Waals surface area contributed by atoms with Crippen LogP contribution >= 0.6 is 0 Å². The summed E-state index contributed by atoms with van der Waals surface area (Å²) in [5.41, 5.74) is 3.22. The second-order valence-electron chi connectivity index (χ2n) is 8.16. The van der Waals surface area contributed by atoms with E-state index in [1.54, 1.807) is 31.2 Å². The van der Waals surface area contributed by atoms with Crippen molar-refractivity contribution >= 4 is 31.7 Å². The fourth-order valence-electron chi connectivity index (χ4n) is 3.23. The van der Waals surface area contributed by atoms with Gasteiger partial charge in [0.1, 0.15) is 11.5 Å². The summed E-state index contributed by atoms with van der Waals surface area (Å²) in [5, 5.41) is 0. The maximum atomic E-state index is 12.6. The molecule has 36 heavy (non-hydrogen) atoms. The van der Waals surface area contributed by atoms with Crippen molar-refractivity contribution in [3.05, 3.63) is 82.9 Å². The molecule has 3 aromatic rings. The minimum Gasteiger partial charge on any atom is -0.465 e. The van der Waals surface area contributed by atoms with Crippen LogP contribution in [-0.4, -0.2) is 42.2 Å². The van der Waals surface area contributed by atoms with Gasteiger partial charge in [0.15, 0.2) is 0 Å². The van der Waals surface area contributed by atoms with E-state index in [1.807, 2.05) is 32.0 Å². The van der Waals surface area contributed by atoms with Crippen LogP contribution in [0.1, 0.15) is 27.0 Å². The highest BCUT2D eigenvalue weighted by atomic mass is 32.2. The number of aryl methyl sites for hydroxylation is 3. The van der Waals surface area contributed by atoms with Crippen molar-refractivity contribution in [2.45, 2.75) is 25.7 Å². The van der Waals surface area contributed by atoms with Crippen LogP contribution in [0, 0.1) is 20.8 Å². The zero-order valence-electron chi connectivity index (χ0n) is 20.4. The van der Waals surface area contributed by atoms with E-state index < -0.39 is 31.8 Å². The molecule has 0 radical (unpaired) electrons. The third-order valence-corrected chi connectivity index (χ3v) is 8.18. The molecule has 3 rings (SSSR count). The number of benzene rings is 3. The van der Waals surface area contributed by atoms with Crippen LogP contribution < -0.4 is 14.2 Å². The van der Waals surface area contributed by atoms with Gasteiger partial charge in [0.2, 0.25) is 20.0 Å². The van der Waals surface area contributed by atoms with Crippen molar-refractivity contribution in [2.75, 3.05) is 24.1 Å². The number of ether oxygens (including phenoxy) is 2. The van der Waals surface area contributed by atoms with E-state index in [4.69, 9.17) is 4.74 Å². The highest BCUT2D eigenvalue weighted by Gasteiger charge is 2.20. The normalized spacial score (nSPS) is 11.7. The average molecular weight is 533 g/mol. The lowest BCUT2D eigenvalue weighted by molar-refractivity contribution is 0.0599. The second-order valence-corrected chi connectivity index (χ2v) is 11.8. The number of esters is 1. The first-order valence-electron chi connectivity index (χ1n) is 10.9. The molecule has 0 fully saturated rings. The number of carbonyl (C=O) groups excluding carboxylic acids is 1. The van der Waals surface area contributed by atoms with Gasteiger partial charge >= 0.3 is 5.97 Å². The van der Waals surface area contributed by atoms with Crippen LogP contribution in [-0.2, 0) is 24.8 Å². The molecule has 0 saturated heterocycles. The lowest BCUT2D eigenvalue weighted by Gasteiger charge is -2.12. The number of hydrogen-bond donors (Lipinski definition) is 2. The summed E-state index contributed by atoms with van der Waals surface area (Å²) >= 11 is 0. The van der Waals surface area contributed by atoms with E-state index in [2.05, 4.69) is 14.2 Å². The second kappa shape index (κ2) is 11.1. The van der Waals surface area contributed by atoms with Crippen LogP contribution in [0.3, 0.4) is 0 Å². The Morgan fingerprint density at radius 2 is 1.44 bits per heavy atom. The Morgan fingerprint density at radius 3 is 2.08 bits per heavy atom. The molecular formula is C25H28N2O7S2. The van der Waals surface area contributed by atoms with Gasteiger partial charge in [-0.3, -0.25) is 4.72 Å². The molecular weight excluding hydrogens is 504 g/mol. The molecule has 0 spiro atoms. The topological polar surface area (TPSA) is 128 Å².